The van der Waals surface area contributed by atoms with Gasteiger partial charge in [-0.3, -0.25) is 9.59 Å². The van der Waals surface area contributed by atoms with Crippen LogP contribution in [0.25, 0.3) is 6.08 Å². The van der Waals surface area contributed by atoms with Crippen LogP contribution in [0.5, 0.6) is 0 Å². The Bertz CT molecular complexity index is 945. The number of nitrogens with one attached hydrogen (secondary N) is 2. The van der Waals surface area contributed by atoms with Crippen LogP contribution in [0.15, 0.2) is 18.3 Å². The van der Waals surface area contributed by atoms with E-state index in [0.29, 0.717) is 41.4 Å². The van der Waals surface area contributed by atoms with Gasteiger partial charge in [-0.15, -0.1) is 0 Å². The Hall–Kier alpha value is -2.20. The van der Waals surface area contributed by atoms with E-state index >= 15 is 0 Å². The van der Waals surface area contributed by atoms with E-state index in [9.17, 15) is 9.59 Å². The third-order valence-corrected chi connectivity index (χ3v) is 7.67. The molecule has 3 aliphatic rings. The molecular weight excluding hydrogens is 494 g/mol. The highest BCUT2D eigenvalue weighted by atomic mass is 35.5. The minimum Gasteiger partial charge on any atom is -0.364 e. The second-order valence-electron chi connectivity index (χ2n) is 10.7. The zero-order valence-corrected chi connectivity index (χ0v) is 22.7. The van der Waals surface area contributed by atoms with Crippen LogP contribution in [0.4, 0.5) is 5.82 Å². The summed E-state index contributed by atoms with van der Waals surface area (Å²) in [4.78, 5) is 39.1. The van der Waals surface area contributed by atoms with Gasteiger partial charge in [0, 0.05) is 56.9 Å². The van der Waals surface area contributed by atoms with E-state index in [1.807, 2.05) is 4.90 Å². The fourth-order valence-corrected chi connectivity index (χ4v) is 5.65. The van der Waals surface area contributed by atoms with Crippen molar-refractivity contribution in [3.8, 4) is 0 Å². The molecule has 10 heteroatoms. The highest BCUT2D eigenvalue weighted by Gasteiger charge is 2.33. The van der Waals surface area contributed by atoms with Crippen molar-refractivity contribution in [1.82, 2.24) is 20.3 Å². The average Bonchev–Trinajstić information content (AvgIpc) is 3.36. The van der Waals surface area contributed by atoms with Crippen LogP contribution in [0.1, 0.15) is 56.9 Å². The molecule has 2 aliphatic heterocycles. The summed E-state index contributed by atoms with van der Waals surface area (Å²) in [6.07, 6.45) is 12.2. The van der Waals surface area contributed by atoms with E-state index in [1.54, 1.807) is 18.3 Å². The Labute approximate surface area is 224 Å². The molecule has 2 saturated heterocycles. The molecule has 2 amide bonds. The van der Waals surface area contributed by atoms with Crippen LogP contribution < -0.4 is 10.8 Å². The lowest BCUT2D eigenvalue weighted by Crippen LogP contribution is -2.38. The number of hydroxylamine groups is 1. The number of amides is 2. The molecule has 0 aromatic carbocycles. The number of likely N-dealkylation sites (tertiary alicyclic amines) is 1. The Kier molecular flexibility index (Phi) is 10.2. The lowest BCUT2D eigenvalue weighted by atomic mass is 9.81. The summed E-state index contributed by atoms with van der Waals surface area (Å²) >= 11 is 6.47. The highest BCUT2D eigenvalue weighted by molar-refractivity contribution is 6.33. The summed E-state index contributed by atoms with van der Waals surface area (Å²) in [5.74, 6) is 1.36. The lowest BCUT2D eigenvalue weighted by molar-refractivity contribution is -0.198. The van der Waals surface area contributed by atoms with Crippen molar-refractivity contribution in [2.24, 2.45) is 11.8 Å². The first kappa shape index (κ1) is 27.8. The third-order valence-electron chi connectivity index (χ3n) is 7.38. The number of hydrogen-bond donors (Lipinski definition) is 2. The Balaban J connectivity index is 1.21. The first-order valence-corrected chi connectivity index (χ1v) is 13.9. The number of hydrogen-bond acceptors (Lipinski definition) is 7. The van der Waals surface area contributed by atoms with Gasteiger partial charge in [-0.05, 0) is 82.7 Å². The molecular formula is C27H40ClN5O4. The molecule has 1 saturated carbocycles. The maximum absolute atomic E-state index is 13.1. The van der Waals surface area contributed by atoms with Gasteiger partial charge in [0.25, 0.3) is 5.91 Å². The highest BCUT2D eigenvalue weighted by Crippen LogP contribution is 2.32. The largest absolute Gasteiger partial charge is 0.364 e. The van der Waals surface area contributed by atoms with Gasteiger partial charge in [0.1, 0.15) is 5.82 Å². The van der Waals surface area contributed by atoms with Crippen molar-refractivity contribution >= 4 is 35.3 Å². The molecule has 1 aliphatic carbocycles. The predicted molar refractivity (Wildman–Crippen MR) is 144 cm³/mol. The SMILES string of the molecule is CN(C)C[C@H]1CC[C@H](C(=O)N2CC[C@@H](Nc3ncc(C=CC(=O)NOC4CCCCO4)cc3Cl)C2)CC1. The van der Waals surface area contributed by atoms with E-state index < -0.39 is 6.29 Å². The van der Waals surface area contributed by atoms with Crippen LogP contribution in [0.3, 0.4) is 0 Å². The van der Waals surface area contributed by atoms with Gasteiger partial charge in [0.05, 0.1) is 5.02 Å². The van der Waals surface area contributed by atoms with Gasteiger partial charge < -0.3 is 19.9 Å². The fourth-order valence-electron chi connectivity index (χ4n) is 5.42. The maximum Gasteiger partial charge on any atom is 0.267 e. The van der Waals surface area contributed by atoms with Crippen molar-refractivity contribution in [1.29, 1.82) is 0 Å². The van der Waals surface area contributed by atoms with Crippen LogP contribution in [-0.4, -0.2) is 79.3 Å². The summed E-state index contributed by atoms with van der Waals surface area (Å²) in [5.41, 5.74) is 3.09. The van der Waals surface area contributed by atoms with Crippen molar-refractivity contribution in [2.75, 3.05) is 45.7 Å². The Morgan fingerprint density at radius 3 is 2.73 bits per heavy atom. The van der Waals surface area contributed by atoms with Gasteiger partial charge in [0.2, 0.25) is 5.91 Å². The van der Waals surface area contributed by atoms with Crippen molar-refractivity contribution < 1.29 is 19.2 Å². The third kappa shape index (κ3) is 8.40. The van der Waals surface area contributed by atoms with E-state index in [4.69, 9.17) is 21.2 Å². The molecule has 3 heterocycles. The molecule has 2 atom stereocenters. The molecule has 37 heavy (non-hydrogen) atoms. The lowest BCUT2D eigenvalue weighted by Gasteiger charge is -2.31. The summed E-state index contributed by atoms with van der Waals surface area (Å²) in [5, 5.41) is 3.87. The minimum absolute atomic E-state index is 0.116. The number of halogens is 1. The normalized spacial score (nSPS) is 26.5. The Morgan fingerprint density at radius 2 is 2.03 bits per heavy atom. The van der Waals surface area contributed by atoms with Gasteiger partial charge in [-0.2, -0.15) is 0 Å². The first-order chi connectivity index (χ1) is 17.9. The second kappa shape index (κ2) is 13.6. The molecule has 0 bridgehead atoms. The molecule has 1 aromatic heterocycles. The van der Waals surface area contributed by atoms with E-state index in [0.717, 1.165) is 64.5 Å². The van der Waals surface area contributed by atoms with E-state index in [-0.39, 0.29) is 17.9 Å². The molecule has 204 valence electrons. The number of carbonyl (C=O) groups excluding carboxylic acids is 2. The molecule has 0 spiro atoms. The number of carbonyl (C=O) groups is 2. The average molecular weight is 534 g/mol. The van der Waals surface area contributed by atoms with Crippen molar-refractivity contribution in [3.63, 3.8) is 0 Å². The molecule has 4 rings (SSSR count). The summed E-state index contributed by atoms with van der Waals surface area (Å²) in [6, 6.07) is 1.88. The monoisotopic (exact) mass is 533 g/mol. The van der Waals surface area contributed by atoms with Gasteiger partial charge in [-0.25, -0.2) is 15.3 Å². The molecule has 3 fully saturated rings. The number of pyridine rings is 1. The van der Waals surface area contributed by atoms with Crippen LogP contribution >= 0.6 is 11.6 Å². The maximum atomic E-state index is 13.1. The summed E-state index contributed by atoms with van der Waals surface area (Å²) in [7, 11) is 4.23. The second-order valence-corrected chi connectivity index (χ2v) is 11.1. The standard InChI is InChI=1S/C27H40ClN5O4/c1-32(2)17-19-6-9-21(10-7-19)27(35)33-13-12-22(18-33)30-26-23(28)15-20(16-29-26)8-11-24(34)31-37-25-5-3-4-14-36-25/h8,11,15-16,19,21-22,25H,3-7,9-10,12-14,17-18H2,1-2H3,(H,29,30)(H,31,34)/t19-,21-,22-,25?/m1/s1. The van der Waals surface area contributed by atoms with Crippen LogP contribution in [0.2, 0.25) is 5.02 Å². The molecule has 1 aromatic rings. The van der Waals surface area contributed by atoms with Crippen molar-refractivity contribution in [2.45, 2.75) is 63.7 Å². The summed E-state index contributed by atoms with van der Waals surface area (Å²) in [6.45, 7) is 3.18. The molecule has 0 radical (unpaired) electrons. The van der Waals surface area contributed by atoms with E-state index in [1.165, 1.54) is 6.08 Å². The molecule has 9 nitrogen and oxygen atoms in total. The predicted octanol–water partition coefficient (Wildman–Crippen LogP) is 3.70. The number of aromatic nitrogens is 1. The molecule has 2 N–H and O–H groups in total. The smallest absolute Gasteiger partial charge is 0.267 e. The number of ether oxygens (including phenoxy) is 1. The van der Waals surface area contributed by atoms with Crippen molar-refractivity contribution in [3.05, 3.63) is 28.9 Å². The van der Waals surface area contributed by atoms with Crippen LogP contribution in [-0.2, 0) is 19.2 Å². The molecule has 1 unspecified atom stereocenters. The number of anilines is 1. The number of rotatable bonds is 9. The Morgan fingerprint density at radius 1 is 1.22 bits per heavy atom. The topological polar surface area (TPSA) is 96.0 Å². The van der Waals surface area contributed by atoms with Crippen LogP contribution in [0, 0.1) is 11.8 Å². The van der Waals surface area contributed by atoms with E-state index in [2.05, 4.69) is 34.8 Å². The first-order valence-electron chi connectivity index (χ1n) is 13.5. The van der Waals surface area contributed by atoms with Gasteiger partial charge in [-0.1, -0.05) is 11.6 Å². The number of nitrogens with zero attached hydrogens (tertiary/aromatic N) is 3. The fraction of sp³-hybridized carbons (Fsp3) is 0.667. The van der Waals surface area contributed by atoms with Gasteiger partial charge >= 0.3 is 0 Å². The zero-order valence-electron chi connectivity index (χ0n) is 22.0. The minimum atomic E-state index is -0.391. The quantitative estimate of drug-likeness (QED) is 0.369. The van der Waals surface area contributed by atoms with Gasteiger partial charge in [0.15, 0.2) is 6.29 Å². The zero-order chi connectivity index (χ0) is 26.2. The summed E-state index contributed by atoms with van der Waals surface area (Å²) < 4.78 is 5.42.